The number of amides is 1. The van der Waals surface area contributed by atoms with Gasteiger partial charge >= 0.3 is 0 Å². The predicted octanol–water partition coefficient (Wildman–Crippen LogP) is 3.92. The normalized spacial score (nSPS) is 14.0. The molecule has 0 atom stereocenters. The lowest BCUT2D eigenvalue weighted by molar-refractivity contribution is 0.0977. The highest BCUT2D eigenvalue weighted by atomic mass is 35.5. The van der Waals surface area contributed by atoms with Gasteiger partial charge in [0.25, 0.3) is 5.91 Å². The smallest absolute Gasteiger partial charge is 0.257 e. The van der Waals surface area contributed by atoms with Crippen molar-refractivity contribution >= 4 is 46.2 Å². The molecule has 1 saturated heterocycles. The lowest BCUT2D eigenvalue weighted by atomic mass is 10.1. The van der Waals surface area contributed by atoms with Gasteiger partial charge in [-0.1, -0.05) is 28.8 Å². The summed E-state index contributed by atoms with van der Waals surface area (Å²) in [5, 5.41) is 6.58. The van der Waals surface area contributed by atoms with Gasteiger partial charge < -0.3 is 15.0 Å². The first-order valence-corrected chi connectivity index (χ1v) is 9.54. The van der Waals surface area contributed by atoms with Crippen LogP contribution >= 0.6 is 23.8 Å². The largest absolute Gasteiger partial charge is 0.378 e. The van der Waals surface area contributed by atoms with Crippen LogP contribution < -0.4 is 15.5 Å². The molecule has 2 N–H and O–H groups in total. The highest BCUT2D eigenvalue weighted by molar-refractivity contribution is 7.80. The summed E-state index contributed by atoms with van der Waals surface area (Å²) >= 11 is 11.7. The summed E-state index contributed by atoms with van der Waals surface area (Å²) in [6.45, 7) is 6.94. The summed E-state index contributed by atoms with van der Waals surface area (Å²) in [6.07, 6.45) is 0. The number of nitrogens with zero attached hydrogens (tertiary/aromatic N) is 1. The maximum atomic E-state index is 12.4. The Bertz CT molecular complexity index is 846. The minimum absolute atomic E-state index is 0.231. The van der Waals surface area contributed by atoms with Gasteiger partial charge in [0, 0.05) is 24.3 Å². The summed E-state index contributed by atoms with van der Waals surface area (Å²) < 4.78 is 5.37. The van der Waals surface area contributed by atoms with E-state index in [1.54, 1.807) is 0 Å². The number of carbonyl (C=O) groups excluding carboxylic acids is 1. The summed E-state index contributed by atoms with van der Waals surface area (Å²) in [6, 6.07) is 11.3. The third-order valence-corrected chi connectivity index (χ3v) is 4.78. The number of nitrogens with one attached hydrogen (secondary N) is 2. The van der Waals surface area contributed by atoms with E-state index < -0.39 is 0 Å². The summed E-state index contributed by atoms with van der Waals surface area (Å²) in [7, 11) is 0. The molecule has 5 nitrogen and oxygen atoms in total. The standard InChI is InChI=1S/C20H22ClN3O2S/c1-13-9-14(2)11-15(10-13)19(25)23-20(27)22-16-3-4-18(17(21)12-16)24-5-7-26-8-6-24/h3-4,9-12H,5-8H2,1-2H3,(H2,22,23,25,27). The second-order valence-corrected chi connectivity index (χ2v) is 7.37. The Morgan fingerprint density at radius 3 is 2.41 bits per heavy atom. The van der Waals surface area contributed by atoms with Crippen molar-refractivity contribution in [3.8, 4) is 0 Å². The van der Waals surface area contributed by atoms with E-state index in [0.29, 0.717) is 23.8 Å². The molecule has 0 aliphatic carbocycles. The van der Waals surface area contributed by atoms with E-state index in [1.165, 1.54) is 0 Å². The quantitative estimate of drug-likeness (QED) is 0.761. The fourth-order valence-electron chi connectivity index (χ4n) is 3.09. The molecule has 0 bridgehead atoms. The van der Waals surface area contributed by atoms with E-state index in [2.05, 4.69) is 15.5 Å². The number of hydrogen-bond acceptors (Lipinski definition) is 4. The summed E-state index contributed by atoms with van der Waals surface area (Å²) in [5.41, 5.74) is 4.34. The van der Waals surface area contributed by atoms with E-state index in [-0.39, 0.29) is 11.0 Å². The average molecular weight is 404 g/mol. The van der Waals surface area contributed by atoms with Crippen molar-refractivity contribution in [3.63, 3.8) is 0 Å². The lowest BCUT2D eigenvalue weighted by Crippen LogP contribution is -2.36. The predicted molar refractivity (Wildman–Crippen MR) is 114 cm³/mol. The molecule has 0 spiro atoms. The van der Waals surface area contributed by atoms with Gasteiger partial charge in [-0.2, -0.15) is 0 Å². The van der Waals surface area contributed by atoms with Gasteiger partial charge in [0.05, 0.1) is 23.9 Å². The zero-order valence-electron chi connectivity index (χ0n) is 15.3. The zero-order chi connectivity index (χ0) is 19.4. The molecule has 7 heteroatoms. The minimum atomic E-state index is -0.240. The van der Waals surface area contributed by atoms with Crippen LogP contribution in [0.3, 0.4) is 0 Å². The van der Waals surface area contributed by atoms with Gasteiger partial charge in [0.15, 0.2) is 5.11 Å². The number of aryl methyl sites for hydroxylation is 2. The minimum Gasteiger partial charge on any atom is -0.378 e. The maximum Gasteiger partial charge on any atom is 0.257 e. The van der Waals surface area contributed by atoms with Crippen molar-refractivity contribution in [2.75, 3.05) is 36.5 Å². The van der Waals surface area contributed by atoms with Gasteiger partial charge in [-0.05, 0) is 56.4 Å². The SMILES string of the molecule is Cc1cc(C)cc(C(=O)NC(=S)Nc2ccc(N3CCOCC3)c(Cl)c2)c1. The van der Waals surface area contributed by atoms with Crippen LogP contribution in [0.4, 0.5) is 11.4 Å². The van der Waals surface area contributed by atoms with E-state index >= 15 is 0 Å². The van der Waals surface area contributed by atoms with Gasteiger partial charge in [-0.25, -0.2) is 0 Å². The Morgan fingerprint density at radius 1 is 1.11 bits per heavy atom. The molecule has 1 aliphatic heterocycles. The molecular formula is C20H22ClN3O2S. The third-order valence-electron chi connectivity index (χ3n) is 4.27. The number of ether oxygens (including phenoxy) is 1. The molecule has 142 valence electrons. The lowest BCUT2D eigenvalue weighted by Gasteiger charge is -2.29. The van der Waals surface area contributed by atoms with E-state index in [1.807, 2.05) is 50.2 Å². The summed E-state index contributed by atoms with van der Waals surface area (Å²) in [5.74, 6) is -0.240. The van der Waals surface area contributed by atoms with Crippen LogP contribution in [-0.4, -0.2) is 37.3 Å². The van der Waals surface area contributed by atoms with Crippen molar-refractivity contribution in [1.29, 1.82) is 0 Å². The zero-order valence-corrected chi connectivity index (χ0v) is 16.9. The number of morpholine rings is 1. The van der Waals surface area contributed by atoms with Crippen LogP contribution in [0.15, 0.2) is 36.4 Å². The number of halogens is 1. The number of benzene rings is 2. The number of rotatable bonds is 3. The van der Waals surface area contributed by atoms with Crippen molar-refractivity contribution in [2.45, 2.75) is 13.8 Å². The van der Waals surface area contributed by atoms with Gasteiger partial charge in [-0.15, -0.1) is 0 Å². The number of thiocarbonyl (C=S) groups is 1. The maximum absolute atomic E-state index is 12.4. The second-order valence-electron chi connectivity index (χ2n) is 6.55. The number of hydrogen-bond donors (Lipinski definition) is 2. The first-order chi connectivity index (χ1) is 12.9. The van der Waals surface area contributed by atoms with E-state index in [4.69, 9.17) is 28.6 Å². The van der Waals surface area contributed by atoms with Crippen LogP contribution in [0, 0.1) is 13.8 Å². The van der Waals surface area contributed by atoms with Crippen LogP contribution in [-0.2, 0) is 4.74 Å². The topological polar surface area (TPSA) is 53.6 Å². The van der Waals surface area contributed by atoms with E-state index in [9.17, 15) is 4.79 Å². The van der Waals surface area contributed by atoms with Gasteiger partial charge in [-0.3, -0.25) is 10.1 Å². The molecule has 0 aromatic heterocycles. The second kappa shape index (κ2) is 8.69. The monoisotopic (exact) mass is 403 g/mol. The van der Waals surface area contributed by atoms with Crippen LogP contribution in [0.2, 0.25) is 5.02 Å². The summed E-state index contributed by atoms with van der Waals surface area (Å²) in [4.78, 5) is 14.6. The fourth-order valence-corrected chi connectivity index (χ4v) is 3.60. The Morgan fingerprint density at radius 2 is 1.78 bits per heavy atom. The van der Waals surface area contributed by atoms with Gasteiger partial charge in [0.2, 0.25) is 0 Å². The average Bonchev–Trinajstić information content (AvgIpc) is 2.61. The molecule has 1 aliphatic rings. The van der Waals surface area contributed by atoms with Gasteiger partial charge in [0.1, 0.15) is 0 Å². The Kier molecular flexibility index (Phi) is 6.31. The molecule has 2 aromatic rings. The fraction of sp³-hybridized carbons (Fsp3) is 0.300. The number of anilines is 2. The third kappa shape index (κ3) is 5.19. The molecule has 1 heterocycles. The molecular weight excluding hydrogens is 382 g/mol. The molecule has 1 amide bonds. The van der Waals surface area contributed by atoms with Crippen molar-refractivity contribution in [3.05, 3.63) is 58.1 Å². The molecule has 0 saturated carbocycles. The first kappa shape index (κ1) is 19.6. The first-order valence-electron chi connectivity index (χ1n) is 8.75. The van der Waals surface area contributed by atoms with Crippen molar-refractivity contribution < 1.29 is 9.53 Å². The molecule has 1 fully saturated rings. The van der Waals surface area contributed by atoms with Crippen molar-refractivity contribution in [2.24, 2.45) is 0 Å². The Balaban J connectivity index is 1.63. The van der Waals surface area contributed by atoms with Crippen LogP contribution in [0.1, 0.15) is 21.5 Å². The number of carbonyl (C=O) groups is 1. The van der Waals surface area contributed by atoms with Crippen LogP contribution in [0.5, 0.6) is 0 Å². The Hall–Kier alpha value is -2.15. The molecule has 27 heavy (non-hydrogen) atoms. The molecule has 0 radical (unpaired) electrons. The molecule has 0 unspecified atom stereocenters. The Labute approximate surface area is 169 Å². The van der Waals surface area contributed by atoms with E-state index in [0.717, 1.165) is 35.6 Å². The molecule has 3 rings (SSSR count). The highest BCUT2D eigenvalue weighted by Crippen LogP contribution is 2.29. The highest BCUT2D eigenvalue weighted by Gasteiger charge is 2.15. The van der Waals surface area contributed by atoms with Crippen molar-refractivity contribution in [1.82, 2.24) is 5.32 Å². The molecule has 2 aromatic carbocycles. The van der Waals surface area contributed by atoms with Crippen LogP contribution in [0.25, 0.3) is 0 Å².